The van der Waals surface area contributed by atoms with Crippen molar-refractivity contribution in [1.82, 2.24) is 5.32 Å². The van der Waals surface area contributed by atoms with Gasteiger partial charge in [-0.1, -0.05) is 41.3 Å². The van der Waals surface area contributed by atoms with E-state index in [0.717, 1.165) is 23.7 Å². The molecule has 1 fully saturated rings. The lowest BCUT2D eigenvalue weighted by Crippen LogP contribution is -2.56. The molecule has 0 bridgehead atoms. The van der Waals surface area contributed by atoms with Gasteiger partial charge in [0.15, 0.2) is 0 Å². The molecule has 1 aliphatic rings. The number of amides is 1. The number of halogens is 1. The summed E-state index contributed by atoms with van der Waals surface area (Å²) in [5.41, 5.74) is -0.861. The highest BCUT2D eigenvalue weighted by Crippen LogP contribution is 2.29. The van der Waals surface area contributed by atoms with Crippen molar-refractivity contribution in [3.05, 3.63) is 28.7 Å². The second-order valence-corrected chi connectivity index (χ2v) is 6.68. The van der Waals surface area contributed by atoms with Gasteiger partial charge in [0.25, 0.3) is 0 Å². The van der Waals surface area contributed by atoms with E-state index in [9.17, 15) is 9.59 Å². The van der Waals surface area contributed by atoms with E-state index in [1.54, 1.807) is 0 Å². The van der Waals surface area contributed by atoms with Crippen molar-refractivity contribution in [3.63, 3.8) is 0 Å². The van der Waals surface area contributed by atoms with Gasteiger partial charge in [0, 0.05) is 11.4 Å². The van der Waals surface area contributed by atoms with E-state index in [2.05, 4.69) is 21.2 Å². The number of carbonyl (C=O) groups excluding carboxylic acids is 2. The molecule has 0 heterocycles. The van der Waals surface area contributed by atoms with Gasteiger partial charge in [-0.15, -0.1) is 0 Å². The molecule has 0 aromatic heterocycles. The van der Waals surface area contributed by atoms with Gasteiger partial charge in [-0.3, -0.25) is 4.79 Å². The van der Waals surface area contributed by atoms with Gasteiger partial charge in [-0.25, -0.2) is 4.79 Å². The summed E-state index contributed by atoms with van der Waals surface area (Å²) >= 11 is 3.37. The van der Waals surface area contributed by atoms with Crippen molar-refractivity contribution < 1.29 is 19.1 Å². The van der Waals surface area contributed by atoms with E-state index in [4.69, 9.17) is 9.47 Å². The number of ether oxygens (including phenoxy) is 2. The summed E-state index contributed by atoms with van der Waals surface area (Å²) in [6, 6.07) is 7.47. The average Bonchev–Trinajstić information content (AvgIpc) is 2.51. The lowest BCUT2D eigenvalue weighted by atomic mass is 9.81. The molecular weight excluding hydrogens is 362 g/mol. The van der Waals surface area contributed by atoms with E-state index >= 15 is 0 Å². The molecule has 23 heavy (non-hydrogen) atoms. The van der Waals surface area contributed by atoms with Gasteiger partial charge < -0.3 is 14.8 Å². The van der Waals surface area contributed by atoms with Crippen molar-refractivity contribution in [2.24, 2.45) is 0 Å². The van der Waals surface area contributed by atoms with Gasteiger partial charge in [-0.05, 0) is 31.0 Å². The highest BCUT2D eigenvalue weighted by molar-refractivity contribution is 9.10. The molecule has 0 atom stereocenters. The summed E-state index contributed by atoms with van der Waals surface area (Å²) < 4.78 is 11.8. The second-order valence-electron chi connectivity index (χ2n) is 5.77. The van der Waals surface area contributed by atoms with Crippen molar-refractivity contribution in [2.45, 2.75) is 44.6 Å². The Hall–Kier alpha value is -1.56. The lowest BCUT2D eigenvalue weighted by Gasteiger charge is -2.35. The Morgan fingerprint density at radius 3 is 2.61 bits per heavy atom. The minimum Gasteiger partial charge on any atom is -0.490 e. The van der Waals surface area contributed by atoms with Crippen LogP contribution >= 0.6 is 15.9 Å². The molecule has 5 nitrogen and oxygen atoms in total. The summed E-state index contributed by atoms with van der Waals surface area (Å²) in [5, 5.41) is 2.80. The van der Waals surface area contributed by atoms with Gasteiger partial charge in [0.05, 0.1) is 0 Å². The molecule has 0 aliphatic heterocycles. The Labute approximate surface area is 144 Å². The zero-order valence-electron chi connectivity index (χ0n) is 13.3. The summed E-state index contributed by atoms with van der Waals surface area (Å²) in [6.07, 6.45) is 4.20. The Kier molecular flexibility index (Phi) is 6.45. The molecule has 1 aromatic carbocycles. The van der Waals surface area contributed by atoms with Crippen LogP contribution in [0.5, 0.6) is 5.75 Å². The largest absolute Gasteiger partial charge is 0.490 e. The van der Waals surface area contributed by atoms with Crippen LogP contribution in [0, 0.1) is 0 Å². The number of benzene rings is 1. The second kappa shape index (κ2) is 8.34. The summed E-state index contributed by atoms with van der Waals surface area (Å²) in [6.45, 7) is 1.87. The first kappa shape index (κ1) is 17.8. The summed E-state index contributed by atoms with van der Waals surface area (Å²) in [7, 11) is 0. The van der Waals surface area contributed by atoms with E-state index in [0.29, 0.717) is 18.6 Å². The Balaban J connectivity index is 1.83. The van der Waals surface area contributed by atoms with E-state index in [-0.39, 0.29) is 25.1 Å². The normalized spacial score (nSPS) is 16.4. The fourth-order valence-corrected chi connectivity index (χ4v) is 3.24. The average molecular weight is 384 g/mol. The van der Waals surface area contributed by atoms with Gasteiger partial charge in [-0.2, -0.15) is 0 Å². The number of esters is 1. The van der Waals surface area contributed by atoms with Crippen LogP contribution in [0.1, 0.15) is 39.0 Å². The number of hydrogen-bond acceptors (Lipinski definition) is 4. The Morgan fingerprint density at radius 2 is 1.96 bits per heavy atom. The van der Waals surface area contributed by atoms with E-state index in [1.165, 1.54) is 6.92 Å². The van der Waals surface area contributed by atoms with E-state index < -0.39 is 5.54 Å². The number of hydrogen-bond donors (Lipinski definition) is 1. The first-order valence-corrected chi connectivity index (χ1v) is 8.65. The molecule has 1 aromatic rings. The van der Waals surface area contributed by atoms with Crippen molar-refractivity contribution in [1.29, 1.82) is 0 Å². The minimum atomic E-state index is -0.861. The molecular formula is C17H22BrNO4. The fraction of sp³-hybridized carbons (Fsp3) is 0.529. The third-order valence-corrected chi connectivity index (χ3v) is 4.39. The molecule has 6 heteroatoms. The smallest absolute Gasteiger partial charge is 0.331 e. The molecule has 0 saturated heterocycles. The predicted molar refractivity (Wildman–Crippen MR) is 90.2 cm³/mol. The van der Waals surface area contributed by atoms with Crippen molar-refractivity contribution in [3.8, 4) is 5.75 Å². The lowest BCUT2D eigenvalue weighted by molar-refractivity contribution is -0.156. The van der Waals surface area contributed by atoms with Crippen LogP contribution in [0.2, 0.25) is 0 Å². The third kappa shape index (κ3) is 5.23. The third-order valence-electron chi connectivity index (χ3n) is 3.89. The highest BCUT2D eigenvalue weighted by atomic mass is 79.9. The van der Waals surface area contributed by atoms with Gasteiger partial charge >= 0.3 is 5.97 Å². The quantitative estimate of drug-likeness (QED) is 0.604. The van der Waals surface area contributed by atoms with E-state index in [1.807, 2.05) is 24.3 Å². The van der Waals surface area contributed by atoms with Crippen LogP contribution in [0.25, 0.3) is 0 Å². The molecule has 0 spiro atoms. The molecule has 0 unspecified atom stereocenters. The molecule has 0 radical (unpaired) electrons. The maximum atomic E-state index is 12.4. The molecule has 1 amide bonds. The maximum Gasteiger partial charge on any atom is 0.331 e. The van der Waals surface area contributed by atoms with Gasteiger partial charge in [0.1, 0.15) is 24.5 Å². The minimum absolute atomic E-state index is 0.159. The summed E-state index contributed by atoms with van der Waals surface area (Å²) in [4.78, 5) is 23.8. The van der Waals surface area contributed by atoms with Crippen LogP contribution in [-0.4, -0.2) is 30.6 Å². The van der Waals surface area contributed by atoms with Crippen LogP contribution < -0.4 is 10.1 Å². The number of carbonyl (C=O) groups is 2. The zero-order valence-corrected chi connectivity index (χ0v) is 14.9. The topological polar surface area (TPSA) is 64.6 Å². The van der Waals surface area contributed by atoms with Crippen LogP contribution in [0.3, 0.4) is 0 Å². The fourth-order valence-electron chi connectivity index (χ4n) is 2.86. The highest BCUT2D eigenvalue weighted by Gasteiger charge is 2.41. The molecule has 2 rings (SSSR count). The maximum absolute atomic E-state index is 12.4. The van der Waals surface area contributed by atoms with Crippen LogP contribution in [0.15, 0.2) is 28.7 Å². The van der Waals surface area contributed by atoms with Crippen molar-refractivity contribution >= 4 is 27.8 Å². The number of nitrogens with one attached hydrogen (secondary N) is 1. The number of rotatable bonds is 6. The van der Waals surface area contributed by atoms with Crippen molar-refractivity contribution in [2.75, 3.05) is 13.2 Å². The zero-order chi connectivity index (χ0) is 16.7. The molecule has 1 aliphatic carbocycles. The monoisotopic (exact) mass is 383 g/mol. The van der Waals surface area contributed by atoms with Crippen LogP contribution in [-0.2, 0) is 14.3 Å². The standard InChI is InChI=1S/C17H22BrNO4/c1-13(20)19-17(8-3-2-4-9-17)16(21)23-11-10-22-15-7-5-6-14(18)12-15/h5-7,12H,2-4,8-11H2,1H3,(H,19,20). The predicted octanol–water partition coefficient (Wildman–Crippen LogP) is 3.21. The molecule has 1 N–H and O–H groups in total. The molecule has 126 valence electrons. The Morgan fingerprint density at radius 1 is 1.22 bits per heavy atom. The SMILES string of the molecule is CC(=O)NC1(C(=O)OCCOc2cccc(Br)c2)CCCCC1. The first-order chi connectivity index (χ1) is 11.0. The Bertz CT molecular complexity index is 555. The first-order valence-electron chi connectivity index (χ1n) is 7.86. The summed E-state index contributed by atoms with van der Waals surface area (Å²) in [5.74, 6) is 0.157. The van der Waals surface area contributed by atoms with Crippen LogP contribution in [0.4, 0.5) is 0 Å². The van der Waals surface area contributed by atoms with Gasteiger partial charge in [0.2, 0.25) is 5.91 Å². The molecule has 1 saturated carbocycles.